The van der Waals surface area contributed by atoms with Crippen LogP contribution in [0, 0.1) is 11.3 Å². The van der Waals surface area contributed by atoms with Gasteiger partial charge in [0.25, 0.3) is 5.91 Å². The molecule has 0 radical (unpaired) electrons. The second-order valence-corrected chi connectivity index (χ2v) is 3.61. The van der Waals surface area contributed by atoms with E-state index in [0.717, 1.165) is 0 Å². The highest BCUT2D eigenvalue weighted by Gasteiger charge is 2.13. The first-order chi connectivity index (χ1) is 7.70. The lowest BCUT2D eigenvalue weighted by Crippen LogP contribution is -2.12. The molecule has 0 spiro atoms. The molecule has 2 heterocycles. The van der Waals surface area contributed by atoms with Gasteiger partial charge in [-0.3, -0.25) is 9.89 Å². The third kappa shape index (κ3) is 1.97. The van der Waals surface area contributed by atoms with Gasteiger partial charge in [-0.1, -0.05) is 0 Å². The molecular weight excluding hydrogens is 276 g/mol. The molecule has 0 aliphatic heterocycles. The molecule has 0 aliphatic rings. The van der Waals surface area contributed by atoms with Gasteiger partial charge in [0.15, 0.2) is 10.4 Å². The van der Waals surface area contributed by atoms with E-state index in [1.54, 1.807) is 6.07 Å². The van der Waals surface area contributed by atoms with E-state index >= 15 is 0 Å². The van der Waals surface area contributed by atoms with Crippen molar-refractivity contribution in [3.63, 3.8) is 0 Å². The minimum Gasteiger partial charge on any atom is -0.444 e. The molecule has 0 saturated carbocycles. The van der Waals surface area contributed by atoms with Crippen molar-refractivity contribution >= 4 is 27.7 Å². The Bertz CT molecular complexity index is 566. The van der Waals surface area contributed by atoms with Crippen molar-refractivity contribution in [3.05, 3.63) is 34.3 Å². The van der Waals surface area contributed by atoms with Gasteiger partial charge in [0.1, 0.15) is 17.5 Å². The quantitative estimate of drug-likeness (QED) is 0.878. The fourth-order valence-electron chi connectivity index (χ4n) is 1.08. The first-order valence-corrected chi connectivity index (χ1v) is 5.00. The number of furan rings is 1. The Kier molecular flexibility index (Phi) is 2.74. The van der Waals surface area contributed by atoms with Crippen molar-refractivity contribution in [3.8, 4) is 6.07 Å². The number of rotatable bonds is 2. The Morgan fingerprint density at radius 2 is 2.44 bits per heavy atom. The molecule has 2 aromatic heterocycles. The van der Waals surface area contributed by atoms with Gasteiger partial charge < -0.3 is 9.73 Å². The van der Waals surface area contributed by atoms with Crippen molar-refractivity contribution in [1.29, 1.82) is 5.26 Å². The maximum absolute atomic E-state index is 11.6. The maximum Gasteiger partial charge on any atom is 0.292 e. The number of halogens is 1. The lowest BCUT2D eigenvalue weighted by Gasteiger charge is -1.99. The van der Waals surface area contributed by atoms with E-state index in [2.05, 4.69) is 31.4 Å². The van der Waals surface area contributed by atoms with Gasteiger partial charge in [-0.05, 0) is 28.1 Å². The summed E-state index contributed by atoms with van der Waals surface area (Å²) in [7, 11) is 0. The van der Waals surface area contributed by atoms with Crippen LogP contribution in [0.4, 0.5) is 5.82 Å². The molecule has 16 heavy (non-hydrogen) atoms. The maximum atomic E-state index is 11.6. The van der Waals surface area contributed by atoms with Gasteiger partial charge in [-0.25, -0.2) is 0 Å². The Morgan fingerprint density at radius 3 is 3.06 bits per heavy atom. The van der Waals surface area contributed by atoms with E-state index in [9.17, 15) is 4.79 Å². The highest BCUT2D eigenvalue weighted by molar-refractivity contribution is 9.10. The van der Waals surface area contributed by atoms with E-state index in [4.69, 9.17) is 9.68 Å². The molecule has 0 fully saturated rings. The number of hydrogen-bond acceptors (Lipinski definition) is 4. The molecule has 0 aromatic carbocycles. The Hall–Kier alpha value is -2.07. The second-order valence-electron chi connectivity index (χ2n) is 2.83. The molecule has 1 amide bonds. The minimum absolute atomic E-state index is 0.144. The number of nitrogens with one attached hydrogen (secondary N) is 2. The summed E-state index contributed by atoms with van der Waals surface area (Å²) >= 11 is 3.09. The largest absolute Gasteiger partial charge is 0.444 e. The number of anilines is 1. The predicted octanol–water partition coefficient (Wildman–Crippen LogP) is 1.89. The normalized spacial score (nSPS) is 9.75. The van der Waals surface area contributed by atoms with Crippen LogP contribution in [0.5, 0.6) is 0 Å². The van der Waals surface area contributed by atoms with Gasteiger partial charge in [0.05, 0.1) is 6.20 Å². The summed E-state index contributed by atoms with van der Waals surface area (Å²) in [5.74, 6) is -0.0585. The Morgan fingerprint density at radius 1 is 1.62 bits per heavy atom. The zero-order valence-corrected chi connectivity index (χ0v) is 9.41. The number of H-pyrrole nitrogens is 1. The van der Waals surface area contributed by atoms with E-state index in [0.29, 0.717) is 4.67 Å². The van der Waals surface area contributed by atoms with Crippen LogP contribution in [0.15, 0.2) is 27.4 Å². The predicted molar refractivity (Wildman–Crippen MR) is 57.7 cm³/mol. The SMILES string of the molecule is N#Cc1cn[nH]c1NC(=O)c1ccc(Br)o1. The summed E-state index contributed by atoms with van der Waals surface area (Å²) in [6.45, 7) is 0. The lowest BCUT2D eigenvalue weighted by atomic mass is 10.3. The molecule has 2 aromatic rings. The molecule has 80 valence electrons. The van der Waals surface area contributed by atoms with Gasteiger partial charge in [0, 0.05) is 0 Å². The lowest BCUT2D eigenvalue weighted by molar-refractivity contribution is 0.0995. The standard InChI is InChI=1S/C9H5BrN4O2/c10-7-2-1-6(16-7)9(15)13-8-5(3-11)4-12-14-8/h1-2,4H,(H2,12,13,14,15). The van der Waals surface area contributed by atoms with E-state index < -0.39 is 5.91 Å². The molecule has 0 saturated heterocycles. The van der Waals surface area contributed by atoms with E-state index in [-0.39, 0.29) is 17.1 Å². The van der Waals surface area contributed by atoms with Gasteiger partial charge >= 0.3 is 0 Å². The van der Waals surface area contributed by atoms with Crippen molar-refractivity contribution in [2.75, 3.05) is 5.32 Å². The number of amides is 1. The summed E-state index contributed by atoms with van der Waals surface area (Å²) < 4.78 is 5.52. The molecule has 0 atom stereocenters. The summed E-state index contributed by atoms with van der Waals surface area (Å²) in [6.07, 6.45) is 1.33. The van der Waals surface area contributed by atoms with E-state index in [1.807, 2.05) is 6.07 Å². The summed E-state index contributed by atoms with van der Waals surface area (Å²) in [5, 5.41) is 17.3. The number of hydrogen-bond donors (Lipinski definition) is 2. The third-order valence-electron chi connectivity index (χ3n) is 1.80. The second kappa shape index (κ2) is 4.20. The van der Waals surface area contributed by atoms with Crippen molar-refractivity contribution < 1.29 is 9.21 Å². The van der Waals surface area contributed by atoms with Crippen LogP contribution in [0.2, 0.25) is 0 Å². The van der Waals surface area contributed by atoms with Crippen LogP contribution in [0.25, 0.3) is 0 Å². The minimum atomic E-state index is -0.452. The summed E-state index contributed by atoms with van der Waals surface area (Å²) in [4.78, 5) is 11.6. The van der Waals surface area contributed by atoms with Crippen molar-refractivity contribution in [1.82, 2.24) is 10.2 Å². The zero-order valence-electron chi connectivity index (χ0n) is 7.82. The third-order valence-corrected chi connectivity index (χ3v) is 2.22. The number of carbonyl (C=O) groups is 1. The van der Waals surface area contributed by atoms with Crippen LogP contribution >= 0.6 is 15.9 Å². The number of nitrogens with zero attached hydrogens (tertiary/aromatic N) is 2. The molecule has 0 aliphatic carbocycles. The fraction of sp³-hybridized carbons (Fsp3) is 0. The molecule has 2 N–H and O–H groups in total. The molecule has 0 unspecified atom stereocenters. The topological polar surface area (TPSA) is 94.7 Å². The first-order valence-electron chi connectivity index (χ1n) is 4.21. The monoisotopic (exact) mass is 280 g/mol. The first kappa shape index (κ1) is 10.4. The smallest absolute Gasteiger partial charge is 0.292 e. The average Bonchev–Trinajstić information content (AvgIpc) is 2.86. The van der Waals surface area contributed by atoms with Gasteiger partial charge in [-0.2, -0.15) is 10.4 Å². The average molecular weight is 281 g/mol. The molecule has 7 heteroatoms. The molecule has 0 bridgehead atoms. The Balaban J connectivity index is 2.17. The highest BCUT2D eigenvalue weighted by atomic mass is 79.9. The highest BCUT2D eigenvalue weighted by Crippen LogP contribution is 2.16. The number of nitriles is 1. The van der Waals surface area contributed by atoms with Crippen LogP contribution in [-0.2, 0) is 0 Å². The van der Waals surface area contributed by atoms with Crippen LogP contribution in [-0.4, -0.2) is 16.1 Å². The number of aromatic amines is 1. The number of aromatic nitrogens is 2. The molecular formula is C9H5BrN4O2. The van der Waals surface area contributed by atoms with Gasteiger partial charge in [-0.15, -0.1) is 0 Å². The van der Waals surface area contributed by atoms with Crippen molar-refractivity contribution in [2.24, 2.45) is 0 Å². The van der Waals surface area contributed by atoms with Gasteiger partial charge in [0.2, 0.25) is 0 Å². The molecule has 6 nitrogen and oxygen atoms in total. The van der Waals surface area contributed by atoms with E-state index in [1.165, 1.54) is 12.3 Å². The summed E-state index contributed by atoms with van der Waals surface area (Å²) in [5.41, 5.74) is 0.263. The molecule has 2 rings (SSSR count). The fourth-order valence-corrected chi connectivity index (χ4v) is 1.38. The van der Waals surface area contributed by atoms with Crippen LogP contribution < -0.4 is 5.32 Å². The van der Waals surface area contributed by atoms with Crippen LogP contribution in [0.3, 0.4) is 0 Å². The summed E-state index contributed by atoms with van der Waals surface area (Å²) in [6, 6.07) is 5.01. The zero-order chi connectivity index (χ0) is 11.5. The van der Waals surface area contributed by atoms with Crippen molar-refractivity contribution in [2.45, 2.75) is 0 Å². The Labute approximate surface area is 98.4 Å². The van der Waals surface area contributed by atoms with Crippen LogP contribution in [0.1, 0.15) is 16.1 Å². The number of carbonyl (C=O) groups excluding carboxylic acids is 1.